The van der Waals surface area contributed by atoms with Gasteiger partial charge in [-0.25, -0.2) is 4.79 Å². The van der Waals surface area contributed by atoms with E-state index in [1.807, 2.05) is 22.6 Å². The second-order valence-corrected chi connectivity index (χ2v) is 5.12. The van der Waals surface area contributed by atoms with Crippen LogP contribution in [0.4, 0.5) is 8.78 Å². The molecule has 0 aromatic heterocycles. The molecule has 1 aliphatic rings. The van der Waals surface area contributed by atoms with Crippen molar-refractivity contribution in [3.8, 4) is 0 Å². The van der Waals surface area contributed by atoms with Crippen LogP contribution in [0.2, 0.25) is 0 Å². The number of halogens is 3. The summed E-state index contributed by atoms with van der Waals surface area (Å²) in [4.78, 5) is 10.9. The summed E-state index contributed by atoms with van der Waals surface area (Å²) in [6.07, 6.45) is 2.92. The van der Waals surface area contributed by atoms with Crippen LogP contribution in [0.3, 0.4) is 0 Å². The molecule has 1 rings (SSSR count). The number of esters is 1. The molecule has 0 aromatic rings. The molecular formula is C9H13F2IO2. The average Bonchev–Trinajstić information content (AvgIpc) is 2.17. The lowest BCUT2D eigenvalue weighted by Crippen LogP contribution is -2.43. The number of alkyl halides is 3. The molecule has 0 bridgehead atoms. The fourth-order valence-electron chi connectivity index (χ4n) is 1.78. The van der Waals surface area contributed by atoms with Crippen molar-refractivity contribution < 1.29 is 18.3 Å². The lowest BCUT2D eigenvalue weighted by atomic mass is 9.84. The smallest absolute Gasteiger partial charge is 0.377 e. The van der Waals surface area contributed by atoms with Gasteiger partial charge in [-0.05, 0) is 12.8 Å². The van der Waals surface area contributed by atoms with Crippen molar-refractivity contribution in [1.29, 1.82) is 0 Å². The summed E-state index contributed by atoms with van der Waals surface area (Å²) in [6.45, 7) is 0. The maximum absolute atomic E-state index is 13.5. The van der Waals surface area contributed by atoms with Crippen LogP contribution in [-0.2, 0) is 9.53 Å². The van der Waals surface area contributed by atoms with Crippen LogP contribution in [-0.4, -0.2) is 22.9 Å². The lowest BCUT2D eigenvalue weighted by molar-refractivity contribution is -0.178. The average molecular weight is 318 g/mol. The van der Waals surface area contributed by atoms with E-state index >= 15 is 0 Å². The van der Waals surface area contributed by atoms with Crippen molar-refractivity contribution >= 4 is 28.6 Å². The molecule has 0 spiro atoms. The van der Waals surface area contributed by atoms with E-state index in [0.717, 1.165) is 26.4 Å². The normalized spacial score (nSPS) is 28.6. The summed E-state index contributed by atoms with van der Waals surface area (Å²) in [5.74, 6) is -5.57. The maximum atomic E-state index is 13.5. The molecule has 2 atom stereocenters. The van der Waals surface area contributed by atoms with E-state index in [4.69, 9.17) is 0 Å². The summed E-state index contributed by atoms with van der Waals surface area (Å²) in [6, 6.07) is 0. The summed E-state index contributed by atoms with van der Waals surface area (Å²) in [5, 5.41) is 0. The van der Waals surface area contributed by atoms with E-state index in [-0.39, 0.29) is 3.92 Å². The number of carbonyl (C=O) groups excluding carboxylic acids is 1. The van der Waals surface area contributed by atoms with Crippen molar-refractivity contribution in [2.24, 2.45) is 5.92 Å². The van der Waals surface area contributed by atoms with Gasteiger partial charge in [-0.1, -0.05) is 35.4 Å². The molecule has 2 unspecified atom stereocenters. The van der Waals surface area contributed by atoms with E-state index < -0.39 is 17.8 Å². The van der Waals surface area contributed by atoms with Gasteiger partial charge in [0.05, 0.1) is 7.11 Å². The van der Waals surface area contributed by atoms with Crippen molar-refractivity contribution in [2.75, 3.05) is 7.11 Å². The standard InChI is InChI=1S/C9H13F2IO2/c1-14-8(13)9(10,11)6-4-2-3-5-7(6)12/h6-7H,2-5H2,1H3. The third kappa shape index (κ3) is 2.35. The second kappa shape index (κ2) is 4.72. The molecular weight excluding hydrogens is 305 g/mol. The Hall–Kier alpha value is 0.0600. The Balaban J connectivity index is 2.73. The second-order valence-electron chi connectivity index (χ2n) is 3.52. The van der Waals surface area contributed by atoms with E-state index in [2.05, 4.69) is 4.74 Å². The van der Waals surface area contributed by atoms with Gasteiger partial charge in [-0.2, -0.15) is 8.78 Å². The Bertz CT molecular complexity index is 221. The Morgan fingerprint density at radius 1 is 1.43 bits per heavy atom. The minimum atomic E-state index is -3.32. The maximum Gasteiger partial charge on any atom is 0.377 e. The Labute approximate surface area is 95.5 Å². The van der Waals surface area contributed by atoms with Gasteiger partial charge in [0.15, 0.2) is 0 Å². The minimum Gasteiger partial charge on any atom is -0.465 e. The zero-order valence-corrected chi connectivity index (χ0v) is 10.1. The molecule has 0 saturated heterocycles. The fraction of sp³-hybridized carbons (Fsp3) is 0.889. The fourth-order valence-corrected chi connectivity index (χ4v) is 3.03. The van der Waals surface area contributed by atoms with Gasteiger partial charge < -0.3 is 4.74 Å². The van der Waals surface area contributed by atoms with Crippen LogP contribution in [0.1, 0.15) is 25.7 Å². The number of carbonyl (C=O) groups is 1. The summed E-state index contributed by atoms with van der Waals surface area (Å²) in [5.41, 5.74) is 0. The van der Waals surface area contributed by atoms with E-state index in [1.165, 1.54) is 0 Å². The molecule has 82 valence electrons. The predicted molar refractivity (Wildman–Crippen MR) is 56.7 cm³/mol. The van der Waals surface area contributed by atoms with E-state index in [0.29, 0.717) is 6.42 Å². The molecule has 2 nitrogen and oxygen atoms in total. The molecule has 14 heavy (non-hydrogen) atoms. The highest BCUT2D eigenvalue weighted by Crippen LogP contribution is 2.41. The third-order valence-corrected chi connectivity index (χ3v) is 4.10. The molecule has 0 heterocycles. The minimum absolute atomic E-state index is 0.129. The molecule has 1 saturated carbocycles. The van der Waals surface area contributed by atoms with Crippen LogP contribution >= 0.6 is 22.6 Å². The molecule has 5 heteroatoms. The molecule has 1 fully saturated rings. The molecule has 0 amide bonds. The highest BCUT2D eigenvalue weighted by atomic mass is 127. The zero-order valence-electron chi connectivity index (χ0n) is 7.93. The van der Waals surface area contributed by atoms with E-state index in [9.17, 15) is 13.6 Å². The van der Waals surface area contributed by atoms with Gasteiger partial charge in [0, 0.05) is 9.84 Å². The monoisotopic (exact) mass is 318 g/mol. The van der Waals surface area contributed by atoms with Crippen LogP contribution in [0.15, 0.2) is 0 Å². The Kier molecular flexibility index (Phi) is 4.09. The first kappa shape index (κ1) is 12.1. The van der Waals surface area contributed by atoms with Gasteiger partial charge in [0.1, 0.15) is 0 Å². The van der Waals surface area contributed by atoms with Crippen molar-refractivity contribution in [1.82, 2.24) is 0 Å². The highest BCUT2D eigenvalue weighted by Gasteiger charge is 2.51. The van der Waals surface area contributed by atoms with Crippen LogP contribution in [0, 0.1) is 5.92 Å². The van der Waals surface area contributed by atoms with Gasteiger partial charge in [-0.15, -0.1) is 0 Å². The van der Waals surface area contributed by atoms with Gasteiger partial charge in [0.2, 0.25) is 0 Å². The first-order valence-electron chi connectivity index (χ1n) is 4.60. The van der Waals surface area contributed by atoms with Crippen LogP contribution in [0.5, 0.6) is 0 Å². The topological polar surface area (TPSA) is 26.3 Å². The van der Waals surface area contributed by atoms with E-state index in [1.54, 1.807) is 0 Å². The predicted octanol–water partition coefficient (Wildman–Crippen LogP) is 2.79. The SMILES string of the molecule is COC(=O)C(F)(F)C1CCCCC1I. The van der Waals surface area contributed by atoms with Gasteiger partial charge in [0.25, 0.3) is 0 Å². The first-order valence-corrected chi connectivity index (χ1v) is 5.85. The van der Waals surface area contributed by atoms with Gasteiger partial charge in [-0.3, -0.25) is 0 Å². The molecule has 0 N–H and O–H groups in total. The van der Waals surface area contributed by atoms with Crippen molar-refractivity contribution in [3.63, 3.8) is 0 Å². The Morgan fingerprint density at radius 2 is 2.00 bits per heavy atom. The molecule has 0 radical (unpaired) electrons. The summed E-state index contributed by atoms with van der Waals surface area (Å²) >= 11 is 2.01. The summed E-state index contributed by atoms with van der Waals surface area (Å²) < 4.78 is 30.9. The number of ether oxygens (including phenoxy) is 1. The number of hydrogen-bond donors (Lipinski definition) is 0. The highest BCUT2D eigenvalue weighted by molar-refractivity contribution is 14.1. The number of hydrogen-bond acceptors (Lipinski definition) is 2. The molecule has 0 aromatic carbocycles. The van der Waals surface area contributed by atoms with Gasteiger partial charge >= 0.3 is 11.9 Å². The van der Waals surface area contributed by atoms with Crippen molar-refractivity contribution in [2.45, 2.75) is 35.5 Å². The molecule has 0 aliphatic heterocycles. The zero-order chi connectivity index (χ0) is 10.8. The van der Waals surface area contributed by atoms with Crippen LogP contribution in [0.25, 0.3) is 0 Å². The lowest BCUT2D eigenvalue weighted by Gasteiger charge is -2.32. The molecule has 1 aliphatic carbocycles. The summed E-state index contributed by atoms with van der Waals surface area (Å²) in [7, 11) is 1.00. The quantitative estimate of drug-likeness (QED) is 0.445. The number of rotatable bonds is 2. The third-order valence-electron chi connectivity index (χ3n) is 2.60. The van der Waals surface area contributed by atoms with Crippen molar-refractivity contribution in [3.05, 3.63) is 0 Å². The Morgan fingerprint density at radius 3 is 2.50 bits per heavy atom. The number of methoxy groups -OCH3 is 1. The first-order chi connectivity index (χ1) is 6.50. The van der Waals surface area contributed by atoms with Crippen LogP contribution < -0.4 is 0 Å². The largest absolute Gasteiger partial charge is 0.465 e.